The molecule has 0 unspecified atom stereocenters. The van der Waals surface area contributed by atoms with Gasteiger partial charge in [-0.2, -0.15) is 0 Å². The molecule has 0 aromatic heterocycles. The molecule has 1 aliphatic heterocycles. The lowest BCUT2D eigenvalue weighted by Crippen LogP contribution is -1.83. The average Bonchev–Trinajstić information content (AvgIpc) is 2.21. The molecule has 0 aliphatic carbocycles. The Balaban J connectivity index is 2.31. The topological polar surface area (TPSA) is 0 Å². The van der Waals surface area contributed by atoms with Gasteiger partial charge >= 0.3 is 0 Å². The van der Waals surface area contributed by atoms with Crippen LogP contribution in [0.15, 0.2) is 47.9 Å². The summed E-state index contributed by atoms with van der Waals surface area (Å²) in [6.45, 7) is 0. The Morgan fingerprint density at radius 2 is 1.92 bits per heavy atom. The normalized spacial score (nSPS) is 15.8. The molecule has 0 saturated heterocycles. The third-order valence-electron chi connectivity index (χ3n) is 1.81. The second-order valence-corrected chi connectivity index (χ2v) is 3.58. The number of allylic oxidation sites excluding steroid dienone is 2. The van der Waals surface area contributed by atoms with Crippen molar-refractivity contribution in [2.45, 2.75) is 0 Å². The molecule has 12 heavy (non-hydrogen) atoms. The molecule has 0 atom stereocenters. The van der Waals surface area contributed by atoms with E-state index < -0.39 is 0 Å². The van der Waals surface area contributed by atoms with Gasteiger partial charge in [0, 0.05) is 5.75 Å². The molecule has 1 heteroatoms. The highest BCUT2D eigenvalue weighted by atomic mass is 32.2. The molecular weight excluding hydrogens is 164 g/mol. The number of rotatable bonds is 1. The first-order valence-corrected chi connectivity index (χ1v) is 5.05. The minimum absolute atomic E-state index is 1.11. The van der Waals surface area contributed by atoms with Gasteiger partial charge in [-0.15, -0.1) is 11.8 Å². The summed E-state index contributed by atoms with van der Waals surface area (Å²) >= 11 is 1.85. The first kappa shape index (κ1) is 7.69. The van der Waals surface area contributed by atoms with Gasteiger partial charge in [0.05, 0.1) is 0 Å². The lowest BCUT2D eigenvalue weighted by Gasteiger charge is -2.05. The highest BCUT2D eigenvalue weighted by Gasteiger charge is 1.98. The van der Waals surface area contributed by atoms with Crippen LogP contribution in [0, 0.1) is 0 Å². The minimum Gasteiger partial charge on any atom is -0.129 e. The Morgan fingerprint density at radius 1 is 1.08 bits per heavy atom. The van der Waals surface area contributed by atoms with Gasteiger partial charge in [-0.3, -0.25) is 0 Å². The van der Waals surface area contributed by atoms with Crippen molar-refractivity contribution in [3.8, 4) is 0 Å². The molecule has 60 valence electrons. The van der Waals surface area contributed by atoms with Gasteiger partial charge in [-0.05, 0) is 16.5 Å². The predicted octanol–water partition coefficient (Wildman–Crippen LogP) is 3.33. The maximum atomic E-state index is 2.22. The van der Waals surface area contributed by atoms with Crippen molar-refractivity contribution in [3.05, 3.63) is 53.5 Å². The summed E-state index contributed by atoms with van der Waals surface area (Å²) in [7, 11) is 0. The molecule has 0 N–H and O–H groups in total. The van der Waals surface area contributed by atoms with E-state index in [1.807, 2.05) is 17.8 Å². The molecule has 1 aromatic carbocycles. The van der Waals surface area contributed by atoms with Crippen LogP contribution in [0.1, 0.15) is 5.56 Å². The fraction of sp³-hybridized carbons (Fsp3) is 0.0909. The monoisotopic (exact) mass is 174 g/mol. The first-order valence-electron chi connectivity index (χ1n) is 4.00. The van der Waals surface area contributed by atoms with Gasteiger partial charge in [0.1, 0.15) is 0 Å². The van der Waals surface area contributed by atoms with Crippen molar-refractivity contribution in [1.29, 1.82) is 0 Å². The van der Waals surface area contributed by atoms with E-state index in [1.54, 1.807) is 0 Å². The molecule has 0 saturated carbocycles. The molecular formula is C11H10S. The van der Waals surface area contributed by atoms with Crippen LogP contribution in [-0.4, -0.2) is 5.75 Å². The van der Waals surface area contributed by atoms with Crippen LogP contribution < -0.4 is 0 Å². The van der Waals surface area contributed by atoms with Gasteiger partial charge in [-0.1, -0.05) is 42.5 Å². The van der Waals surface area contributed by atoms with Crippen LogP contribution >= 0.6 is 11.8 Å². The maximum absolute atomic E-state index is 2.22. The summed E-state index contributed by atoms with van der Waals surface area (Å²) in [5.41, 5.74) is 2.63. The van der Waals surface area contributed by atoms with E-state index in [-0.39, 0.29) is 0 Å². The molecule has 1 heterocycles. The first-order chi connectivity index (χ1) is 5.97. The standard InChI is InChI=1S/C11H10S/c1-2-5-10(6-3-1)11-7-4-8-12-9-11/h1-7,9H,8H2. The van der Waals surface area contributed by atoms with Crippen LogP contribution in [0.2, 0.25) is 0 Å². The van der Waals surface area contributed by atoms with Crippen molar-refractivity contribution in [3.63, 3.8) is 0 Å². The second kappa shape index (κ2) is 3.63. The van der Waals surface area contributed by atoms with E-state index in [1.165, 1.54) is 11.1 Å². The molecule has 2 rings (SSSR count). The minimum atomic E-state index is 1.11. The molecule has 0 amide bonds. The van der Waals surface area contributed by atoms with E-state index in [4.69, 9.17) is 0 Å². The van der Waals surface area contributed by atoms with Crippen LogP contribution in [0.5, 0.6) is 0 Å². The van der Waals surface area contributed by atoms with E-state index in [9.17, 15) is 0 Å². The lowest BCUT2D eigenvalue weighted by molar-refractivity contribution is 1.61. The largest absolute Gasteiger partial charge is 0.129 e. The van der Waals surface area contributed by atoms with Crippen molar-refractivity contribution in [2.75, 3.05) is 5.75 Å². The van der Waals surface area contributed by atoms with Crippen molar-refractivity contribution >= 4 is 17.3 Å². The molecule has 0 nitrogen and oxygen atoms in total. The third-order valence-corrected chi connectivity index (χ3v) is 2.61. The van der Waals surface area contributed by atoms with Gasteiger partial charge in [-0.25, -0.2) is 0 Å². The van der Waals surface area contributed by atoms with Crippen LogP contribution in [0.25, 0.3) is 5.57 Å². The Bertz CT molecular complexity index is 309. The second-order valence-electron chi connectivity index (χ2n) is 2.67. The lowest BCUT2D eigenvalue weighted by atomic mass is 10.1. The van der Waals surface area contributed by atoms with Crippen LogP contribution in [0.3, 0.4) is 0 Å². The highest BCUT2D eigenvalue weighted by Crippen LogP contribution is 2.23. The van der Waals surface area contributed by atoms with Crippen LogP contribution in [-0.2, 0) is 0 Å². The van der Waals surface area contributed by atoms with Crippen molar-refractivity contribution in [2.24, 2.45) is 0 Å². The van der Waals surface area contributed by atoms with E-state index >= 15 is 0 Å². The number of hydrogen-bond acceptors (Lipinski definition) is 1. The summed E-state index contributed by atoms with van der Waals surface area (Å²) in [4.78, 5) is 0. The number of hydrogen-bond donors (Lipinski definition) is 0. The zero-order chi connectivity index (χ0) is 8.23. The van der Waals surface area contributed by atoms with E-state index in [2.05, 4.69) is 41.8 Å². The molecule has 0 bridgehead atoms. The van der Waals surface area contributed by atoms with Gasteiger partial charge in [0.25, 0.3) is 0 Å². The van der Waals surface area contributed by atoms with E-state index in [0.717, 1.165) is 5.75 Å². The summed E-state index contributed by atoms with van der Waals surface area (Å²) in [6, 6.07) is 10.5. The Hall–Kier alpha value is -0.950. The molecule has 1 aromatic rings. The summed E-state index contributed by atoms with van der Waals surface area (Å²) in [6.07, 6.45) is 4.39. The fourth-order valence-corrected chi connectivity index (χ4v) is 1.90. The SMILES string of the molecule is C1=CC(c2ccccc2)=CSC1. The summed E-state index contributed by atoms with van der Waals surface area (Å²) in [5.74, 6) is 1.11. The summed E-state index contributed by atoms with van der Waals surface area (Å²) < 4.78 is 0. The quantitative estimate of drug-likeness (QED) is 0.629. The molecule has 0 fully saturated rings. The molecule has 0 spiro atoms. The van der Waals surface area contributed by atoms with Crippen LogP contribution in [0.4, 0.5) is 0 Å². The average molecular weight is 174 g/mol. The van der Waals surface area contributed by atoms with Gasteiger partial charge < -0.3 is 0 Å². The summed E-state index contributed by atoms with van der Waals surface area (Å²) in [5, 5.41) is 2.22. The third kappa shape index (κ3) is 1.62. The van der Waals surface area contributed by atoms with E-state index in [0.29, 0.717) is 0 Å². The molecule has 0 radical (unpaired) electrons. The van der Waals surface area contributed by atoms with Crippen molar-refractivity contribution in [1.82, 2.24) is 0 Å². The maximum Gasteiger partial charge on any atom is 0.0158 e. The Kier molecular flexibility index (Phi) is 2.33. The fourth-order valence-electron chi connectivity index (χ4n) is 1.20. The smallest absolute Gasteiger partial charge is 0.0158 e. The van der Waals surface area contributed by atoms with Gasteiger partial charge in [0.15, 0.2) is 0 Å². The number of benzene rings is 1. The predicted molar refractivity (Wildman–Crippen MR) is 56.0 cm³/mol. The molecule has 1 aliphatic rings. The Labute approximate surface area is 77.0 Å². The highest BCUT2D eigenvalue weighted by molar-refractivity contribution is 8.02. The zero-order valence-electron chi connectivity index (χ0n) is 6.73. The number of thioether (sulfide) groups is 1. The van der Waals surface area contributed by atoms with Crippen molar-refractivity contribution < 1.29 is 0 Å². The van der Waals surface area contributed by atoms with Gasteiger partial charge in [0.2, 0.25) is 0 Å². The Morgan fingerprint density at radius 3 is 2.58 bits per heavy atom. The zero-order valence-corrected chi connectivity index (χ0v) is 7.55.